The van der Waals surface area contributed by atoms with Crippen molar-refractivity contribution < 1.29 is 13.2 Å². The number of halogens is 3. The Bertz CT molecular complexity index is 420. The minimum absolute atomic E-state index is 0.522. The fraction of sp³-hybridized carbons (Fsp3) is 0.600. The minimum atomic E-state index is -4.25. The van der Waals surface area contributed by atoms with E-state index in [0.29, 0.717) is 12.6 Å². The predicted molar refractivity (Wildman–Crippen MR) is 73.4 cm³/mol. The van der Waals surface area contributed by atoms with Gasteiger partial charge in [-0.2, -0.15) is 13.2 Å². The Morgan fingerprint density at radius 2 is 1.70 bits per heavy atom. The van der Waals surface area contributed by atoms with E-state index in [0.717, 1.165) is 43.6 Å². The van der Waals surface area contributed by atoms with Gasteiger partial charge in [0.1, 0.15) is 0 Å². The van der Waals surface area contributed by atoms with Crippen LogP contribution in [0.2, 0.25) is 0 Å². The normalized spacial score (nSPS) is 18.7. The van der Waals surface area contributed by atoms with E-state index in [-0.39, 0.29) is 0 Å². The summed E-state index contributed by atoms with van der Waals surface area (Å²) in [7, 11) is 4.17. The molecule has 0 unspecified atom stereocenters. The van der Waals surface area contributed by atoms with Crippen LogP contribution in [0.3, 0.4) is 0 Å². The lowest BCUT2D eigenvalue weighted by atomic mass is 10.0. The highest BCUT2D eigenvalue weighted by atomic mass is 19.4. The van der Waals surface area contributed by atoms with Crippen molar-refractivity contribution in [3.63, 3.8) is 0 Å². The SMILES string of the molecule is CN1CCC(N(C)Cc2ccc(C(F)(F)F)cc2)CC1. The highest BCUT2D eigenvalue weighted by Gasteiger charge is 2.30. The lowest BCUT2D eigenvalue weighted by Gasteiger charge is -2.35. The fourth-order valence-corrected chi connectivity index (χ4v) is 2.65. The van der Waals surface area contributed by atoms with E-state index in [1.807, 2.05) is 7.05 Å². The number of alkyl halides is 3. The van der Waals surface area contributed by atoms with Gasteiger partial charge in [-0.3, -0.25) is 4.90 Å². The molecule has 0 atom stereocenters. The maximum absolute atomic E-state index is 12.5. The average molecular weight is 286 g/mol. The van der Waals surface area contributed by atoms with Crippen molar-refractivity contribution in [1.82, 2.24) is 9.80 Å². The van der Waals surface area contributed by atoms with Crippen LogP contribution < -0.4 is 0 Å². The maximum Gasteiger partial charge on any atom is 0.416 e. The number of likely N-dealkylation sites (tertiary alicyclic amines) is 1. The van der Waals surface area contributed by atoms with Crippen LogP contribution in [-0.4, -0.2) is 43.0 Å². The molecule has 1 fully saturated rings. The molecule has 0 aromatic heterocycles. The number of nitrogens with zero attached hydrogens (tertiary/aromatic N) is 2. The van der Waals surface area contributed by atoms with Crippen LogP contribution in [0.4, 0.5) is 13.2 Å². The zero-order valence-electron chi connectivity index (χ0n) is 12.0. The van der Waals surface area contributed by atoms with Crippen molar-refractivity contribution in [1.29, 1.82) is 0 Å². The summed E-state index contributed by atoms with van der Waals surface area (Å²) in [5, 5.41) is 0. The second-order valence-electron chi connectivity index (χ2n) is 5.64. The number of hydrogen-bond donors (Lipinski definition) is 0. The molecule has 112 valence electrons. The van der Waals surface area contributed by atoms with Crippen LogP contribution in [-0.2, 0) is 12.7 Å². The van der Waals surface area contributed by atoms with Crippen molar-refractivity contribution in [2.45, 2.75) is 31.6 Å². The first-order chi connectivity index (χ1) is 9.36. The van der Waals surface area contributed by atoms with Gasteiger partial charge in [-0.25, -0.2) is 0 Å². The first kappa shape index (κ1) is 15.3. The van der Waals surface area contributed by atoms with Crippen LogP contribution >= 0.6 is 0 Å². The largest absolute Gasteiger partial charge is 0.416 e. The Balaban J connectivity index is 1.93. The monoisotopic (exact) mass is 286 g/mol. The van der Waals surface area contributed by atoms with Gasteiger partial charge in [0.2, 0.25) is 0 Å². The molecule has 0 spiro atoms. The van der Waals surface area contributed by atoms with Crippen LogP contribution in [0.15, 0.2) is 24.3 Å². The van der Waals surface area contributed by atoms with Gasteiger partial charge < -0.3 is 4.90 Å². The first-order valence-corrected chi connectivity index (χ1v) is 6.91. The number of hydrogen-bond acceptors (Lipinski definition) is 2. The Hall–Kier alpha value is -1.07. The highest BCUT2D eigenvalue weighted by Crippen LogP contribution is 2.29. The third-order valence-corrected chi connectivity index (χ3v) is 4.02. The van der Waals surface area contributed by atoms with Gasteiger partial charge in [0.05, 0.1) is 5.56 Å². The average Bonchev–Trinajstić information content (AvgIpc) is 2.39. The molecule has 20 heavy (non-hydrogen) atoms. The molecule has 0 amide bonds. The number of piperidine rings is 1. The van der Waals surface area contributed by atoms with Crippen LogP contribution in [0.25, 0.3) is 0 Å². The van der Waals surface area contributed by atoms with Crippen LogP contribution in [0.5, 0.6) is 0 Å². The second-order valence-corrected chi connectivity index (χ2v) is 5.64. The summed E-state index contributed by atoms with van der Waals surface area (Å²) < 4.78 is 37.5. The van der Waals surface area contributed by atoms with Gasteiger partial charge in [-0.1, -0.05) is 12.1 Å². The van der Waals surface area contributed by atoms with Crippen molar-refractivity contribution in [2.24, 2.45) is 0 Å². The topological polar surface area (TPSA) is 6.48 Å². The molecule has 1 aliphatic heterocycles. The smallest absolute Gasteiger partial charge is 0.306 e. The standard InChI is InChI=1S/C15H21F3N2/c1-19-9-7-14(8-10-19)20(2)11-12-3-5-13(6-4-12)15(16,17)18/h3-6,14H,7-11H2,1-2H3. The number of rotatable bonds is 3. The van der Waals surface area contributed by atoms with Crippen molar-refractivity contribution in [2.75, 3.05) is 27.2 Å². The molecule has 0 N–H and O–H groups in total. The molecule has 1 aliphatic rings. The molecule has 5 heteroatoms. The van der Waals surface area contributed by atoms with Crippen molar-refractivity contribution in [3.05, 3.63) is 35.4 Å². The molecule has 0 bridgehead atoms. The van der Waals surface area contributed by atoms with Gasteiger partial charge in [0.25, 0.3) is 0 Å². The molecule has 1 aromatic carbocycles. The van der Waals surface area contributed by atoms with Gasteiger partial charge in [0.15, 0.2) is 0 Å². The molecule has 0 radical (unpaired) electrons. The van der Waals surface area contributed by atoms with Crippen LogP contribution in [0.1, 0.15) is 24.0 Å². The summed E-state index contributed by atoms with van der Waals surface area (Å²) in [6.45, 7) is 2.87. The third-order valence-electron chi connectivity index (χ3n) is 4.02. The quantitative estimate of drug-likeness (QED) is 0.841. The van der Waals surface area contributed by atoms with Gasteiger partial charge >= 0.3 is 6.18 Å². The van der Waals surface area contributed by atoms with E-state index in [4.69, 9.17) is 0 Å². The van der Waals surface area contributed by atoms with E-state index in [1.165, 1.54) is 0 Å². The van der Waals surface area contributed by atoms with E-state index in [9.17, 15) is 13.2 Å². The zero-order valence-corrected chi connectivity index (χ0v) is 12.0. The Labute approximate surface area is 118 Å². The summed E-state index contributed by atoms with van der Waals surface area (Å²) in [6.07, 6.45) is -2.01. The van der Waals surface area contributed by atoms with Crippen molar-refractivity contribution in [3.8, 4) is 0 Å². The van der Waals surface area contributed by atoms with Crippen molar-refractivity contribution >= 4 is 0 Å². The molecular formula is C15H21F3N2. The molecular weight excluding hydrogens is 265 g/mol. The zero-order chi connectivity index (χ0) is 14.8. The predicted octanol–water partition coefficient (Wildman–Crippen LogP) is 3.23. The summed E-state index contributed by atoms with van der Waals surface area (Å²) in [4.78, 5) is 4.55. The Kier molecular flexibility index (Phi) is 4.70. The van der Waals surface area contributed by atoms with E-state index in [1.54, 1.807) is 12.1 Å². The molecule has 1 heterocycles. The molecule has 2 rings (SSSR count). The molecule has 0 saturated carbocycles. The first-order valence-electron chi connectivity index (χ1n) is 6.91. The fourth-order valence-electron chi connectivity index (χ4n) is 2.65. The Morgan fingerprint density at radius 1 is 1.15 bits per heavy atom. The van der Waals surface area contributed by atoms with Gasteiger partial charge in [-0.15, -0.1) is 0 Å². The number of benzene rings is 1. The molecule has 0 aliphatic carbocycles. The van der Waals surface area contributed by atoms with E-state index in [2.05, 4.69) is 16.8 Å². The van der Waals surface area contributed by atoms with E-state index >= 15 is 0 Å². The van der Waals surface area contributed by atoms with E-state index < -0.39 is 11.7 Å². The summed E-state index contributed by atoms with van der Waals surface area (Å²) in [5.41, 5.74) is 0.350. The highest BCUT2D eigenvalue weighted by molar-refractivity contribution is 5.24. The molecule has 1 aromatic rings. The van der Waals surface area contributed by atoms with Gasteiger partial charge in [0, 0.05) is 12.6 Å². The summed E-state index contributed by atoms with van der Waals surface area (Å²) in [5.74, 6) is 0. The Morgan fingerprint density at radius 3 is 2.20 bits per heavy atom. The maximum atomic E-state index is 12.5. The van der Waals surface area contributed by atoms with Gasteiger partial charge in [-0.05, 0) is 57.7 Å². The third kappa shape index (κ3) is 3.96. The molecule has 1 saturated heterocycles. The summed E-state index contributed by atoms with van der Waals surface area (Å²) >= 11 is 0. The molecule has 2 nitrogen and oxygen atoms in total. The second kappa shape index (κ2) is 6.14. The minimum Gasteiger partial charge on any atom is -0.306 e. The summed E-state index contributed by atoms with van der Waals surface area (Å²) in [6, 6.07) is 6.01. The lowest BCUT2D eigenvalue weighted by molar-refractivity contribution is -0.137. The van der Waals surface area contributed by atoms with Crippen LogP contribution in [0, 0.1) is 0 Å². The lowest BCUT2D eigenvalue weighted by Crippen LogP contribution is -2.41.